The van der Waals surface area contributed by atoms with Crippen LogP contribution >= 0.6 is 0 Å². The predicted molar refractivity (Wildman–Crippen MR) is 85.3 cm³/mol. The van der Waals surface area contributed by atoms with Gasteiger partial charge >= 0.3 is 6.18 Å². The number of hydrogen-bond donors (Lipinski definition) is 0. The second kappa shape index (κ2) is 5.81. The van der Waals surface area contributed by atoms with E-state index in [1.807, 2.05) is 12.1 Å². The number of benzene rings is 2. The zero-order valence-electron chi connectivity index (χ0n) is 12.9. The standard InChI is InChI=1S/C17H16F3NO2S/c1-12-6-7-13-4-2-3-5-16(13)21(12)24(22,23)15-10-8-14(9-11-15)17(18,19)20/h2-5,8-12H,6-7H2,1H3/t12-/m0/s1. The third-order valence-corrected chi connectivity index (χ3v) is 6.14. The topological polar surface area (TPSA) is 37.4 Å². The van der Waals surface area contributed by atoms with Crippen molar-refractivity contribution >= 4 is 15.7 Å². The van der Waals surface area contributed by atoms with Gasteiger partial charge in [-0.3, -0.25) is 4.31 Å². The zero-order valence-corrected chi connectivity index (χ0v) is 13.7. The summed E-state index contributed by atoms with van der Waals surface area (Å²) in [6.07, 6.45) is -3.06. The first-order valence-electron chi connectivity index (χ1n) is 7.51. The van der Waals surface area contributed by atoms with Gasteiger partial charge in [0, 0.05) is 6.04 Å². The van der Waals surface area contributed by atoms with Gasteiger partial charge < -0.3 is 0 Å². The first-order valence-corrected chi connectivity index (χ1v) is 8.95. The third kappa shape index (κ3) is 2.88. The molecule has 0 saturated heterocycles. The molecule has 1 aliphatic heterocycles. The SMILES string of the molecule is C[C@H]1CCc2ccccc2N1S(=O)(=O)c1ccc(C(F)(F)F)cc1. The van der Waals surface area contributed by atoms with E-state index in [0.29, 0.717) is 12.1 Å². The highest BCUT2D eigenvalue weighted by molar-refractivity contribution is 7.92. The summed E-state index contributed by atoms with van der Waals surface area (Å²) in [5.41, 5.74) is 0.649. The van der Waals surface area contributed by atoms with Crippen molar-refractivity contribution in [2.75, 3.05) is 4.31 Å². The Bertz CT molecular complexity index is 845. The Morgan fingerprint density at radius 3 is 2.29 bits per heavy atom. The average molecular weight is 355 g/mol. The molecule has 0 bridgehead atoms. The number of rotatable bonds is 2. The van der Waals surface area contributed by atoms with Crippen molar-refractivity contribution in [3.63, 3.8) is 0 Å². The fourth-order valence-electron chi connectivity index (χ4n) is 2.95. The molecule has 2 aromatic carbocycles. The summed E-state index contributed by atoms with van der Waals surface area (Å²) in [7, 11) is -3.92. The minimum absolute atomic E-state index is 0.140. The third-order valence-electron chi connectivity index (χ3n) is 4.20. The monoisotopic (exact) mass is 355 g/mol. The van der Waals surface area contributed by atoms with Crippen LogP contribution in [0.4, 0.5) is 18.9 Å². The number of hydrogen-bond acceptors (Lipinski definition) is 2. The number of anilines is 1. The summed E-state index contributed by atoms with van der Waals surface area (Å²) >= 11 is 0. The Balaban J connectivity index is 2.05. The van der Waals surface area contributed by atoms with Gasteiger partial charge in [-0.05, 0) is 55.7 Å². The lowest BCUT2D eigenvalue weighted by Crippen LogP contribution is -2.42. The van der Waals surface area contributed by atoms with E-state index in [1.54, 1.807) is 19.1 Å². The van der Waals surface area contributed by atoms with Gasteiger partial charge in [0.15, 0.2) is 0 Å². The molecule has 2 aromatic rings. The molecule has 3 rings (SSSR count). The first kappa shape index (κ1) is 16.8. The molecule has 0 fully saturated rings. The minimum Gasteiger partial charge on any atom is -0.263 e. The molecule has 1 atom stereocenters. The van der Waals surface area contributed by atoms with Crippen molar-refractivity contribution in [2.45, 2.75) is 36.9 Å². The lowest BCUT2D eigenvalue weighted by atomic mass is 9.99. The van der Waals surface area contributed by atoms with Crippen molar-refractivity contribution in [3.8, 4) is 0 Å². The van der Waals surface area contributed by atoms with E-state index in [9.17, 15) is 21.6 Å². The van der Waals surface area contributed by atoms with Gasteiger partial charge in [-0.1, -0.05) is 18.2 Å². The summed E-state index contributed by atoms with van der Waals surface area (Å²) in [5, 5.41) is 0. The van der Waals surface area contributed by atoms with Gasteiger partial charge in [0.25, 0.3) is 10.0 Å². The molecular formula is C17H16F3NO2S. The summed E-state index contributed by atoms with van der Waals surface area (Å²) in [6.45, 7) is 1.80. The average Bonchev–Trinajstić information content (AvgIpc) is 2.53. The van der Waals surface area contributed by atoms with Crippen LogP contribution in [-0.2, 0) is 22.6 Å². The van der Waals surface area contributed by atoms with E-state index < -0.39 is 21.8 Å². The van der Waals surface area contributed by atoms with Crippen molar-refractivity contribution in [1.82, 2.24) is 0 Å². The highest BCUT2D eigenvalue weighted by Crippen LogP contribution is 2.36. The van der Waals surface area contributed by atoms with E-state index in [1.165, 1.54) is 4.31 Å². The van der Waals surface area contributed by atoms with Gasteiger partial charge in [0.05, 0.1) is 16.1 Å². The molecule has 7 heteroatoms. The van der Waals surface area contributed by atoms with Crippen LogP contribution in [0.15, 0.2) is 53.4 Å². The van der Waals surface area contributed by atoms with E-state index in [-0.39, 0.29) is 10.9 Å². The van der Waals surface area contributed by atoms with Gasteiger partial charge in [0.1, 0.15) is 0 Å². The van der Waals surface area contributed by atoms with Crippen LogP contribution in [0, 0.1) is 0 Å². The summed E-state index contributed by atoms with van der Waals surface area (Å²) in [5.74, 6) is 0. The number of alkyl halides is 3. The van der Waals surface area contributed by atoms with Crippen LogP contribution in [0.2, 0.25) is 0 Å². The van der Waals surface area contributed by atoms with Crippen LogP contribution in [0.3, 0.4) is 0 Å². The van der Waals surface area contributed by atoms with Crippen LogP contribution in [0.1, 0.15) is 24.5 Å². The summed E-state index contributed by atoms with van der Waals surface area (Å²) < 4.78 is 65.3. The first-order chi connectivity index (χ1) is 11.2. The Morgan fingerprint density at radius 2 is 1.67 bits per heavy atom. The van der Waals surface area contributed by atoms with Crippen molar-refractivity contribution < 1.29 is 21.6 Å². The largest absolute Gasteiger partial charge is 0.416 e. The molecule has 1 aliphatic rings. The molecule has 0 aromatic heterocycles. The van der Waals surface area contributed by atoms with E-state index in [2.05, 4.69) is 0 Å². The van der Waals surface area contributed by atoms with Crippen LogP contribution in [-0.4, -0.2) is 14.5 Å². The molecule has 0 unspecified atom stereocenters. The summed E-state index contributed by atoms with van der Waals surface area (Å²) in [4.78, 5) is -0.140. The second-order valence-electron chi connectivity index (χ2n) is 5.84. The fourth-order valence-corrected chi connectivity index (χ4v) is 4.68. The van der Waals surface area contributed by atoms with Crippen molar-refractivity contribution in [1.29, 1.82) is 0 Å². The zero-order chi connectivity index (χ0) is 17.5. The van der Waals surface area contributed by atoms with Crippen LogP contribution in [0.5, 0.6) is 0 Å². The highest BCUT2D eigenvalue weighted by atomic mass is 32.2. The Labute approximate surface area is 138 Å². The molecule has 0 N–H and O–H groups in total. The molecule has 0 aliphatic carbocycles. The molecular weight excluding hydrogens is 339 g/mol. The van der Waals surface area contributed by atoms with E-state index in [0.717, 1.165) is 36.2 Å². The van der Waals surface area contributed by atoms with Crippen molar-refractivity contribution in [3.05, 3.63) is 59.7 Å². The normalized spacial score (nSPS) is 18.3. The molecule has 0 radical (unpaired) electrons. The molecule has 0 saturated carbocycles. The summed E-state index contributed by atoms with van der Waals surface area (Å²) in [6, 6.07) is 10.6. The fraction of sp³-hybridized carbons (Fsp3) is 0.294. The van der Waals surface area contributed by atoms with Gasteiger partial charge in [-0.2, -0.15) is 13.2 Å². The maximum absolute atomic E-state index is 13.0. The molecule has 0 amide bonds. The molecule has 24 heavy (non-hydrogen) atoms. The number of aryl methyl sites for hydroxylation is 1. The minimum atomic E-state index is -4.49. The van der Waals surface area contributed by atoms with Crippen LogP contribution < -0.4 is 4.31 Å². The number of fused-ring (bicyclic) bond motifs is 1. The van der Waals surface area contributed by atoms with Crippen molar-refractivity contribution in [2.24, 2.45) is 0 Å². The number of sulfonamides is 1. The molecule has 1 heterocycles. The van der Waals surface area contributed by atoms with E-state index >= 15 is 0 Å². The quantitative estimate of drug-likeness (QED) is 0.808. The number of halogens is 3. The molecule has 0 spiro atoms. The van der Waals surface area contributed by atoms with Gasteiger partial charge in [-0.15, -0.1) is 0 Å². The Kier molecular flexibility index (Phi) is 4.07. The number of para-hydroxylation sites is 1. The molecule has 128 valence electrons. The Hall–Kier alpha value is -2.02. The maximum Gasteiger partial charge on any atom is 0.416 e. The maximum atomic E-state index is 13.0. The Morgan fingerprint density at radius 1 is 1.04 bits per heavy atom. The van der Waals surface area contributed by atoms with Crippen LogP contribution in [0.25, 0.3) is 0 Å². The van der Waals surface area contributed by atoms with Gasteiger partial charge in [0.2, 0.25) is 0 Å². The second-order valence-corrected chi connectivity index (χ2v) is 7.65. The van der Waals surface area contributed by atoms with Gasteiger partial charge in [-0.25, -0.2) is 8.42 Å². The molecule has 3 nitrogen and oxygen atoms in total. The number of nitrogens with zero attached hydrogens (tertiary/aromatic N) is 1. The highest BCUT2D eigenvalue weighted by Gasteiger charge is 2.35. The smallest absolute Gasteiger partial charge is 0.263 e. The lowest BCUT2D eigenvalue weighted by Gasteiger charge is -2.36. The van der Waals surface area contributed by atoms with E-state index in [4.69, 9.17) is 0 Å². The lowest BCUT2D eigenvalue weighted by molar-refractivity contribution is -0.137. The predicted octanol–water partition coefficient (Wildman–Crippen LogP) is 4.24.